The zero-order valence-electron chi connectivity index (χ0n) is 14.3. The molecule has 0 saturated carbocycles. The first-order valence-corrected chi connectivity index (χ1v) is 7.80. The number of nitrogens with one attached hydrogen (secondary N) is 2. The lowest BCUT2D eigenvalue weighted by molar-refractivity contribution is -0.123. The first-order chi connectivity index (χ1) is 11.6. The fraction of sp³-hybridized carbons (Fsp3) is 0.263. The second-order valence-corrected chi connectivity index (χ2v) is 6.73. The molecule has 0 atom stereocenters. The number of benzene rings is 2. The van der Waals surface area contributed by atoms with E-state index < -0.39 is 29.9 Å². The van der Waals surface area contributed by atoms with Crippen LogP contribution in [0.1, 0.15) is 32.8 Å². The van der Waals surface area contributed by atoms with E-state index in [1.165, 1.54) is 6.07 Å². The highest BCUT2D eigenvalue weighted by Gasteiger charge is 2.14. The number of rotatable bonds is 4. The van der Waals surface area contributed by atoms with Crippen LogP contribution >= 0.6 is 0 Å². The first-order valence-electron chi connectivity index (χ1n) is 7.80. The van der Waals surface area contributed by atoms with Crippen LogP contribution in [0, 0.1) is 11.6 Å². The Labute approximate surface area is 145 Å². The lowest BCUT2D eigenvalue weighted by atomic mass is 9.87. The number of carbonyl (C=O) groups excluding carboxylic acids is 2. The van der Waals surface area contributed by atoms with Crippen molar-refractivity contribution in [3.63, 3.8) is 0 Å². The average Bonchev–Trinajstić information content (AvgIpc) is 2.50. The SMILES string of the molecule is CC(C)(C)c1ccc(NC(=O)CC(=O)Nc2ccc(F)c(F)c2)cc1. The predicted molar refractivity (Wildman–Crippen MR) is 93.4 cm³/mol. The maximum atomic E-state index is 13.1. The van der Waals surface area contributed by atoms with Gasteiger partial charge in [-0.25, -0.2) is 8.78 Å². The summed E-state index contributed by atoms with van der Waals surface area (Å²) in [5.74, 6) is -3.19. The van der Waals surface area contributed by atoms with Crippen molar-refractivity contribution in [3.8, 4) is 0 Å². The van der Waals surface area contributed by atoms with Crippen molar-refractivity contribution < 1.29 is 18.4 Å². The van der Waals surface area contributed by atoms with Gasteiger partial charge in [0.15, 0.2) is 11.6 Å². The molecule has 0 aliphatic rings. The topological polar surface area (TPSA) is 58.2 Å². The molecule has 0 bridgehead atoms. The van der Waals surface area contributed by atoms with Crippen LogP contribution in [0.15, 0.2) is 42.5 Å². The molecular formula is C19H20F2N2O2. The van der Waals surface area contributed by atoms with Crippen LogP contribution in [0.25, 0.3) is 0 Å². The number of hydrogen-bond donors (Lipinski definition) is 2. The van der Waals surface area contributed by atoms with E-state index in [4.69, 9.17) is 0 Å². The van der Waals surface area contributed by atoms with Gasteiger partial charge in [-0.15, -0.1) is 0 Å². The van der Waals surface area contributed by atoms with Gasteiger partial charge in [0.2, 0.25) is 11.8 Å². The normalized spacial score (nSPS) is 11.1. The van der Waals surface area contributed by atoms with Gasteiger partial charge in [-0.1, -0.05) is 32.9 Å². The second kappa shape index (κ2) is 7.42. The summed E-state index contributed by atoms with van der Waals surface area (Å²) < 4.78 is 25.9. The van der Waals surface area contributed by atoms with Crippen molar-refractivity contribution in [3.05, 3.63) is 59.7 Å². The molecule has 0 saturated heterocycles. The number of amides is 2. The van der Waals surface area contributed by atoms with E-state index in [1.807, 2.05) is 12.1 Å². The van der Waals surface area contributed by atoms with Crippen molar-refractivity contribution in [2.45, 2.75) is 32.6 Å². The molecule has 0 spiro atoms. The van der Waals surface area contributed by atoms with Gasteiger partial charge >= 0.3 is 0 Å². The van der Waals surface area contributed by atoms with E-state index in [0.29, 0.717) is 5.69 Å². The second-order valence-electron chi connectivity index (χ2n) is 6.73. The van der Waals surface area contributed by atoms with Gasteiger partial charge in [-0.3, -0.25) is 9.59 Å². The van der Waals surface area contributed by atoms with E-state index in [0.717, 1.165) is 17.7 Å². The maximum absolute atomic E-state index is 13.1. The van der Waals surface area contributed by atoms with Crippen LogP contribution < -0.4 is 10.6 Å². The minimum Gasteiger partial charge on any atom is -0.326 e. The summed E-state index contributed by atoms with van der Waals surface area (Å²) in [6.45, 7) is 6.26. The quantitative estimate of drug-likeness (QED) is 0.814. The van der Waals surface area contributed by atoms with Crippen LogP contribution in [0.3, 0.4) is 0 Å². The molecule has 2 rings (SSSR count). The van der Waals surface area contributed by atoms with Crippen molar-refractivity contribution in [2.75, 3.05) is 10.6 Å². The Bertz CT molecular complexity index is 781. The van der Waals surface area contributed by atoms with Gasteiger partial charge in [-0.2, -0.15) is 0 Å². The fourth-order valence-corrected chi connectivity index (χ4v) is 2.18. The predicted octanol–water partition coefficient (Wildman–Crippen LogP) is 4.23. The lowest BCUT2D eigenvalue weighted by Gasteiger charge is -2.19. The highest BCUT2D eigenvalue weighted by Crippen LogP contribution is 2.23. The molecule has 0 fully saturated rings. The molecule has 4 nitrogen and oxygen atoms in total. The van der Waals surface area contributed by atoms with Crippen LogP contribution in [0.4, 0.5) is 20.2 Å². The summed E-state index contributed by atoms with van der Waals surface area (Å²) in [6, 6.07) is 10.4. The molecular weight excluding hydrogens is 326 g/mol. The molecule has 0 radical (unpaired) electrons. The maximum Gasteiger partial charge on any atom is 0.233 e. The third-order valence-electron chi connectivity index (χ3n) is 3.56. The Balaban J connectivity index is 1.91. The standard InChI is InChI=1S/C19H20F2N2O2/c1-19(2,3)12-4-6-13(7-5-12)22-17(24)11-18(25)23-14-8-9-15(20)16(21)10-14/h4-10H,11H2,1-3H3,(H,22,24)(H,23,25). The average molecular weight is 346 g/mol. The summed E-state index contributed by atoms with van der Waals surface area (Å²) in [6.07, 6.45) is -0.431. The van der Waals surface area contributed by atoms with Crippen molar-refractivity contribution in [1.82, 2.24) is 0 Å². The van der Waals surface area contributed by atoms with Crippen molar-refractivity contribution in [2.24, 2.45) is 0 Å². The Morgan fingerprint density at radius 2 is 1.36 bits per heavy atom. The van der Waals surface area contributed by atoms with Gasteiger partial charge in [0.1, 0.15) is 6.42 Å². The molecule has 0 aliphatic heterocycles. The highest BCUT2D eigenvalue weighted by atomic mass is 19.2. The van der Waals surface area contributed by atoms with Gasteiger partial charge in [0.05, 0.1) is 0 Å². The molecule has 6 heteroatoms. The van der Waals surface area contributed by atoms with Gasteiger partial charge in [0, 0.05) is 17.4 Å². The number of hydrogen-bond acceptors (Lipinski definition) is 2. The molecule has 0 aromatic heterocycles. The largest absolute Gasteiger partial charge is 0.326 e. The van der Waals surface area contributed by atoms with E-state index >= 15 is 0 Å². The molecule has 0 unspecified atom stereocenters. The summed E-state index contributed by atoms with van der Waals surface area (Å²) >= 11 is 0. The van der Waals surface area contributed by atoms with Crippen LogP contribution in [-0.2, 0) is 15.0 Å². The van der Waals surface area contributed by atoms with Crippen LogP contribution in [-0.4, -0.2) is 11.8 Å². The molecule has 2 amide bonds. The molecule has 132 valence electrons. The lowest BCUT2D eigenvalue weighted by Crippen LogP contribution is -2.21. The molecule has 2 aromatic rings. The molecule has 2 aromatic carbocycles. The third-order valence-corrected chi connectivity index (χ3v) is 3.56. The number of halogens is 2. The highest BCUT2D eigenvalue weighted by molar-refractivity contribution is 6.08. The van der Waals surface area contributed by atoms with E-state index in [2.05, 4.69) is 31.4 Å². The van der Waals surface area contributed by atoms with Crippen LogP contribution in [0.2, 0.25) is 0 Å². The monoisotopic (exact) mass is 346 g/mol. The minimum absolute atomic E-state index is 0.00680. The van der Waals surface area contributed by atoms with Crippen LogP contribution in [0.5, 0.6) is 0 Å². The Hall–Kier alpha value is -2.76. The van der Waals surface area contributed by atoms with E-state index in [-0.39, 0.29) is 11.1 Å². The summed E-state index contributed by atoms with van der Waals surface area (Å²) in [5, 5.41) is 4.97. The fourth-order valence-electron chi connectivity index (χ4n) is 2.18. The zero-order chi connectivity index (χ0) is 18.6. The molecule has 25 heavy (non-hydrogen) atoms. The smallest absolute Gasteiger partial charge is 0.233 e. The molecule has 0 heterocycles. The third kappa shape index (κ3) is 5.38. The zero-order valence-corrected chi connectivity index (χ0v) is 14.3. The Morgan fingerprint density at radius 1 is 0.840 bits per heavy atom. The molecule has 2 N–H and O–H groups in total. The van der Waals surface area contributed by atoms with E-state index in [9.17, 15) is 18.4 Å². The first kappa shape index (κ1) is 18.6. The van der Waals surface area contributed by atoms with E-state index in [1.54, 1.807) is 12.1 Å². The summed E-state index contributed by atoms with van der Waals surface area (Å²) in [7, 11) is 0. The number of anilines is 2. The van der Waals surface area contributed by atoms with Gasteiger partial charge in [0.25, 0.3) is 0 Å². The summed E-state index contributed by atoms with van der Waals surface area (Å²) in [4.78, 5) is 23.7. The minimum atomic E-state index is -1.07. The Morgan fingerprint density at radius 3 is 1.88 bits per heavy atom. The Kier molecular flexibility index (Phi) is 5.51. The van der Waals surface area contributed by atoms with Crippen molar-refractivity contribution >= 4 is 23.2 Å². The number of carbonyl (C=O) groups is 2. The molecule has 0 aliphatic carbocycles. The van der Waals surface area contributed by atoms with Gasteiger partial charge < -0.3 is 10.6 Å². The van der Waals surface area contributed by atoms with Crippen molar-refractivity contribution in [1.29, 1.82) is 0 Å². The summed E-state index contributed by atoms with van der Waals surface area (Å²) in [5.41, 5.74) is 1.80. The van der Waals surface area contributed by atoms with Gasteiger partial charge in [-0.05, 0) is 35.2 Å².